The molecule has 0 atom stereocenters. The molecule has 0 aromatic rings. The van der Waals surface area contributed by atoms with E-state index in [1.807, 2.05) is 0 Å². The average Bonchev–Trinajstić information content (AvgIpc) is 2.28. The third-order valence-electron chi connectivity index (χ3n) is 4.66. The fourth-order valence-electron chi connectivity index (χ4n) is 2.68. The maximum absolute atomic E-state index is 11.8. The molecule has 0 aliphatic heterocycles. The lowest BCUT2D eigenvalue weighted by molar-refractivity contribution is -0.126. The molecule has 0 aromatic carbocycles. The molecule has 3 heteroatoms. The first-order valence-electron chi connectivity index (χ1n) is 7.26. The van der Waals surface area contributed by atoms with Gasteiger partial charge in [-0.1, -0.05) is 27.2 Å². The van der Waals surface area contributed by atoms with Crippen molar-refractivity contribution < 1.29 is 4.79 Å². The Morgan fingerprint density at radius 1 is 1.17 bits per heavy atom. The molecular weight excluding hydrogens is 224 g/mol. The van der Waals surface area contributed by atoms with E-state index < -0.39 is 5.54 Å². The molecule has 0 unspecified atom stereocenters. The van der Waals surface area contributed by atoms with Gasteiger partial charge in [0.15, 0.2) is 0 Å². The van der Waals surface area contributed by atoms with Gasteiger partial charge in [0.2, 0.25) is 5.91 Å². The second-order valence-electron chi connectivity index (χ2n) is 7.09. The van der Waals surface area contributed by atoms with Crippen molar-refractivity contribution in [2.45, 2.75) is 78.3 Å². The van der Waals surface area contributed by atoms with Crippen LogP contribution in [0.5, 0.6) is 0 Å². The van der Waals surface area contributed by atoms with Crippen LogP contribution in [-0.4, -0.2) is 17.5 Å². The van der Waals surface area contributed by atoms with Crippen LogP contribution >= 0.6 is 0 Å². The molecule has 0 heterocycles. The second kappa shape index (κ2) is 5.60. The predicted octanol–water partition coefficient (Wildman–Crippen LogP) is 2.83. The highest BCUT2D eigenvalue weighted by atomic mass is 16.2. The molecule has 3 nitrogen and oxygen atoms in total. The van der Waals surface area contributed by atoms with Crippen LogP contribution in [-0.2, 0) is 4.79 Å². The van der Waals surface area contributed by atoms with E-state index in [0.717, 1.165) is 18.8 Å². The Hall–Kier alpha value is -0.570. The van der Waals surface area contributed by atoms with Crippen molar-refractivity contribution in [1.82, 2.24) is 5.32 Å². The van der Waals surface area contributed by atoms with E-state index >= 15 is 0 Å². The summed E-state index contributed by atoms with van der Waals surface area (Å²) in [6, 6.07) is 0.323. The zero-order chi connectivity index (χ0) is 14.0. The summed E-state index contributed by atoms with van der Waals surface area (Å²) in [7, 11) is 0. The van der Waals surface area contributed by atoms with E-state index in [9.17, 15) is 4.79 Å². The van der Waals surface area contributed by atoms with Crippen molar-refractivity contribution in [2.24, 2.45) is 17.1 Å². The lowest BCUT2D eigenvalue weighted by Crippen LogP contribution is -2.53. The normalized spacial score (nSPS) is 25.9. The molecule has 0 bridgehead atoms. The molecule has 0 radical (unpaired) electrons. The highest BCUT2D eigenvalue weighted by Crippen LogP contribution is 2.40. The van der Waals surface area contributed by atoms with Crippen LogP contribution in [0.2, 0.25) is 0 Å². The van der Waals surface area contributed by atoms with Crippen molar-refractivity contribution in [1.29, 1.82) is 0 Å². The fourth-order valence-corrected chi connectivity index (χ4v) is 2.68. The number of nitrogens with one attached hydrogen (secondary N) is 1. The van der Waals surface area contributed by atoms with Gasteiger partial charge < -0.3 is 11.1 Å². The van der Waals surface area contributed by atoms with Crippen molar-refractivity contribution >= 4 is 5.91 Å². The number of hydrogen-bond donors (Lipinski definition) is 2. The Balaban J connectivity index is 2.43. The van der Waals surface area contributed by atoms with Crippen LogP contribution in [0.4, 0.5) is 0 Å². The third kappa shape index (κ3) is 3.98. The molecule has 0 aromatic heterocycles. The minimum Gasteiger partial charge on any atom is -0.352 e. The highest BCUT2D eigenvalue weighted by Gasteiger charge is 2.33. The maximum Gasteiger partial charge on any atom is 0.239 e. The summed E-state index contributed by atoms with van der Waals surface area (Å²) in [5, 5.41) is 3.08. The van der Waals surface area contributed by atoms with Crippen LogP contribution in [0.15, 0.2) is 0 Å². The van der Waals surface area contributed by atoms with Crippen molar-refractivity contribution in [3.63, 3.8) is 0 Å². The fraction of sp³-hybridized carbons (Fsp3) is 0.933. The molecule has 1 amide bonds. The molecule has 1 rings (SSSR count). The molecule has 1 fully saturated rings. The van der Waals surface area contributed by atoms with Crippen molar-refractivity contribution in [3.8, 4) is 0 Å². The van der Waals surface area contributed by atoms with Crippen LogP contribution in [0.3, 0.4) is 0 Å². The van der Waals surface area contributed by atoms with Gasteiger partial charge in [-0.2, -0.15) is 0 Å². The molecule has 1 aliphatic rings. The topological polar surface area (TPSA) is 55.1 Å². The summed E-state index contributed by atoms with van der Waals surface area (Å²) in [5.41, 5.74) is 5.47. The molecule has 1 aliphatic carbocycles. The zero-order valence-corrected chi connectivity index (χ0v) is 12.7. The van der Waals surface area contributed by atoms with Gasteiger partial charge in [-0.05, 0) is 50.9 Å². The number of hydrogen-bond acceptors (Lipinski definition) is 2. The van der Waals surface area contributed by atoms with E-state index in [1.54, 1.807) is 13.8 Å². The lowest BCUT2D eigenvalue weighted by Gasteiger charge is -2.39. The van der Waals surface area contributed by atoms with Crippen molar-refractivity contribution in [2.75, 3.05) is 0 Å². The number of amides is 1. The summed E-state index contributed by atoms with van der Waals surface area (Å²) in [4.78, 5) is 11.8. The van der Waals surface area contributed by atoms with E-state index in [2.05, 4.69) is 26.1 Å². The minimum absolute atomic E-state index is 0.0271. The second-order valence-corrected chi connectivity index (χ2v) is 7.09. The average molecular weight is 254 g/mol. The first-order chi connectivity index (χ1) is 8.16. The van der Waals surface area contributed by atoms with Crippen LogP contribution in [0, 0.1) is 11.3 Å². The summed E-state index contributed by atoms with van der Waals surface area (Å²) < 4.78 is 0. The van der Waals surface area contributed by atoms with Gasteiger partial charge in [-0.15, -0.1) is 0 Å². The Morgan fingerprint density at radius 2 is 1.67 bits per heavy atom. The molecule has 0 spiro atoms. The van der Waals surface area contributed by atoms with E-state index in [4.69, 9.17) is 5.73 Å². The Morgan fingerprint density at radius 3 is 2.06 bits per heavy atom. The monoisotopic (exact) mass is 254 g/mol. The van der Waals surface area contributed by atoms with Gasteiger partial charge in [0, 0.05) is 6.04 Å². The molecule has 1 saturated carbocycles. The predicted molar refractivity (Wildman–Crippen MR) is 76.2 cm³/mol. The molecule has 3 N–H and O–H groups in total. The van der Waals surface area contributed by atoms with E-state index in [-0.39, 0.29) is 5.91 Å². The lowest BCUT2D eigenvalue weighted by atomic mass is 9.69. The molecule has 106 valence electrons. The third-order valence-corrected chi connectivity index (χ3v) is 4.66. The summed E-state index contributed by atoms with van der Waals surface area (Å²) in [6.07, 6.45) is 5.85. The Kier molecular flexibility index (Phi) is 4.82. The van der Waals surface area contributed by atoms with Crippen LogP contribution in [0.1, 0.15) is 66.7 Å². The molecule has 18 heavy (non-hydrogen) atoms. The number of carbonyl (C=O) groups is 1. The van der Waals surface area contributed by atoms with Crippen molar-refractivity contribution in [3.05, 3.63) is 0 Å². The first kappa shape index (κ1) is 15.5. The van der Waals surface area contributed by atoms with Gasteiger partial charge in [0.05, 0.1) is 5.54 Å². The Bertz CT molecular complexity index is 283. The summed E-state index contributed by atoms with van der Waals surface area (Å²) >= 11 is 0. The van der Waals surface area contributed by atoms with Gasteiger partial charge >= 0.3 is 0 Å². The van der Waals surface area contributed by atoms with Crippen LogP contribution < -0.4 is 11.1 Å². The van der Waals surface area contributed by atoms with Gasteiger partial charge in [-0.3, -0.25) is 4.79 Å². The van der Waals surface area contributed by atoms with E-state index in [0.29, 0.717) is 11.5 Å². The number of carbonyl (C=O) groups excluding carboxylic acids is 1. The molecular formula is C15H30N2O. The SMILES string of the molecule is CCC(C)(C)C1CCC(NC(=O)C(C)(C)N)CC1. The summed E-state index contributed by atoms with van der Waals surface area (Å²) in [6.45, 7) is 10.5. The zero-order valence-electron chi connectivity index (χ0n) is 12.7. The van der Waals surface area contributed by atoms with Gasteiger partial charge in [0.1, 0.15) is 0 Å². The minimum atomic E-state index is -0.764. The Labute approximate surface area is 112 Å². The van der Waals surface area contributed by atoms with Crippen LogP contribution in [0.25, 0.3) is 0 Å². The molecule has 0 saturated heterocycles. The maximum atomic E-state index is 11.8. The van der Waals surface area contributed by atoms with E-state index in [1.165, 1.54) is 19.3 Å². The number of rotatable bonds is 4. The summed E-state index contributed by atoms with van der Waals surface area (Å²) in [5.74, 6) is 0.766. The van der Waals surface area contributed by atoms with Gasteiger partial charge in [-0.25, -0.2) is 0 Å². The smallest absolute Gasteiger partial charge is 0.239 e. The van der Waals surface area contributed by atoms with Gasteiger partial charge in [0.25, 0.3) is 0 Å². The largest absolute Gasteiger partial charge is 0.352 e. The first-order valence-corrected chi connectivity index (χ1v) is 7.26. The highest BCUT2D eigenvalue weighted by molar-refractivity contribution is 5.85. The standard InChI is InChI=1S/C15H30N2O/c1-6-14(2,3)11-7-9-12(10-8-11)17-13(18)15(4,5)16/h11-12H,6-10,16H2,1-5H3,(H,17,18). The quantitative estimate of drug-likeness (QED) is 0.810. The number of nitrogens with two attached hydrogens (primary N) is 1.